The van der Waals surface area contributed by atoms with E-state index in [1.807, 2.05) is 42.5 Å². The minimum atomic E-state index is -0.0915. The van der Waals surface area contributed by atoms with E-state index in [1.54, 1.807) is 10.8 Å². The van der Waals surface area contributed by atoms with Crippen LogP contribution in [0.15, 0.2) is 58.6 Å². The average molecular weight is 439 g/mol. The lowest BCUT2D eigenvalue weighted by molar-refractivity contribution is -0.118. The number of nitrogens with one attached hydrogen (secondary N) is 1. The van der Waals surface area contributed by atoms with E-state index in [0.29, 0.717) is 28.5 Å². The lowest BCUT2D eigenvalue weighted by atomic mass is 10.2. The van der Waals surface area contributed by atoms with Gasteiger partial charge in [0.25, 0.3) is 5.56 Å². The predicted octanol–water partition coefficient (Wildman–Crippen LogP) is 4.07. The third kappa shape index (κ3) is 4.39. The number of rotatable bonds is 7. The molecule has 0 aliphatic heterocycles. The van der Waals surface area contributed by atoms with Gasteiger partial charge in [0, 0.05) is 24.7 Å². The van der Waals surface area contributed by atoms with Crippen LogP contribution in [0.3, 0.4) is 0 Å². The number of thiophene rings is 1. The van der Waals surface area contributed by atoms with Crippen molar-refractivity contribution in [3.05, 3.63) is 64.6 Å². The number of hydrogen-bond donors (Lipinski definition) is 1. The van der Waals surface area contributed by atoms with Crippen LogP contribution >= 0.6 is 23.1 Å². The second kappa shape index (κ2) is 8.97. The zero-order valence-corrected chi connectivity index (χ0v) is 18.4. The zero-order chi connectivity index (χ0) is 21.1. The minimum Gasteiger partial charge on any atom is -0.351 e. The Balaban J connectivity index is 1.60. The molecule has 0 fully saturated rings. The number of aromatic nitrogens is 3. The lowest BCUT2D eigenvalue weighted by Gasteiger charge is -2.14. The van der Waals surface area contributed by atoms with Crippen LogP contribution in [0.5, 0.6) is 0 Å². The number of carbonyl (C=O) groups excluding carboxylic acids is 1. The van der Waals surface area contributed by atoms with Crippen molar-refractivity contribution < 1.29 is 4.79 Å². The molecule has 3 aromatic heterocycles. The maximum absolute atomic E-state index is 13.2. The van der Waals surface area contributed by atoms with Gasteiger partial charge in [0.15, 0.2) is 5.16 Å². The SMILES string of the molecule is CC(C)Cn1c(SCC(=O)NCc2ccccc2)nc2c(sc3ncccc32)c1=O. The highest BCUT2D eigenvalue weighted by Gasteiger charge is 2.18. The molecular formula is C22H22N4O2S2. The molecule has 4 aromatic rings. The maximum atomic E-state index is 13.2. The Morgan fingerprint density at radius 1 is 1.20 bits per heavy atom. The van der Waals surface area contributed by atoms with Gasteiger partial charge in [-0.1, -0.05) is 55.9 Å². The van der Waals surface area contributed by atoms with Gasteiger partial charge >= 0.3 is 0 Å². The average Bonchev–Trinajstić information content (AvgIpc) is 3.12. The molecule has 4 rings (SSSR count). The number of benzene rings is 1. The van der Waals surface area contributed by atoms with E-state index < -0.39 is 0 Å². The van der Waals surface area contributed by atoms with Crippen molar-refractivity contribution in [2.45, 2.75) is 32.1 Å². The van der Waals surface area contributed by atoms with Crippen LogP contribution in [-0.4, -0.2) is 26.2 Å². The molecule has 1 amide bonds. The Bertz CT molecular complexity index is 1250. The Morgan fingerprint density at radius 2 is 2.00 bits per heavy atom. The molecule has 0 aliphatic rings. The van der Waals surface area contributed by atoms with Gasteiger partial charge in [-0.2, -0.15) is 0 Å². The Hall–Kier alpha value is -2.71. The normalized spacial score (nSPS) is 11.4. The summed E-state index contributed by atoms with van der Waals surface area (Å²) in [5.41, 5.74) is 1.65. The molecular weight excluding hydrogens is 416 g/mol. The summed E-state index contributed by atoms with van der Waals surface area (Å²) in [4.78, 5) is 35.5. The van der Waals surface area contributed by atoms with Gasteiger partial charge in [0.05, 0.1) is 11.3 Å². The van der Waals surface area contributed by atoms with Gasteiger partial charge in [-0.05, 0) is 23.6 Å². The summed E-state index contributed by atoms with van der Waals surface area (Å²) in [7, 11) is 0. The predicted molar refractivity (Wildman–Crippen MR) is 123 cm³/mol. The summed E-state index contributed by atoms with van der Waals surface area (Å²) in [6, 6.07) is 13.6. The van der Waals surface area contributed by atoms with Crippen LogP contribution in [0.2, 0.25) is 0 Å². The van der Waals surface area contributed by atoms with E-state index in [4.69, 9.17) is 4.98 Å². The van der Waals surface area contributed by atoms with E-state index >= 15 is 0 Å². The molecule has 1 N–H and O–H groups in total. The maximum Gasteiger partial charge on any atom is 0.272 e. The summed E-state index contributed by atoms with van der Waals surface area (Å²) in [5, 5.41) is 4.37. The molecule has 0 radical (unpaired) electrons. The van der Waals surface area contributed by atoms with E-state index in [2.05, 4.69) is 24.1 Å². The number of carbonyl (C=O) groups is 1. The number of hydrogen-bond acceptors (Lipinski definition) is 6. The van der Waals surface area contributed by atoms with Gasteiger partial charge in [-0.25, -0.2) is 9.97 Å². The smallest absolute Gasteiger partial charge is 0.272 e. The van der Waals surface area contributed by atoms with Gasteiger partial charge in [-0.3, -0.25) is 14.2 Å². The van der Waals surface area contributed by atoms with Crippen LogP contribution < -0.4 is 10.9 Å². The first-order chi connectivity index (χ1) is 14.5. The molecule has 8 heteroatoms. The van der Waals surface area contributed by atoms with E-state index in [9.17, 15) is 9.59 Å². The number of nitrogens with zero attached hydrogens (tertiary/aromatic N) is 3. The molecule has 0 spiro atoms. The number of thioether (sulfide) groups is 1. The Morgan fingerprint density at radius 3 is 2.77 bits per heavy atom. The fourth-order valence-corrected chi connectivity index (χ4v) is 5.02. The first-order valence-electron chi connectivity index (χ1n) is 9.74. The molecule has 1 aromatic carbocycles. The molecule has 154 valence electrons. The van der Waals surface area contributed by atoms with Crippen LogP contribution in [0.25, 0.3) is 20.4 Å². The van der Waals surface area contributed by atoms with Gasteiger partial charge in [0.1, 0.15) is 9.53 Å². The van der Waals surface area contributed by atoms with Crippen molar-refractivity contribution >= 4 is 49.4 Å². The van der Waals surface area contributed by atoms with Crippen LogP contribution in [0.1, 0.15) is 19.4 Å². The van der Waals surface area contributed by atoms with Gasteiger partial charge < -0.3 is 5.32 Å². The van der Waals surface area contributed by atoms with Crippen LogP contribution in [0.4, 0.5) is 0 Å². The van der Waals surface area contributed by atoms with Crippen molar-refractivity contribution in [1.82, 2.24) is 19.9 Å². The highest BCUT2D eigenvalue weighted by Crippen LogP contribution is 2.30. The first-order valence-corrected chi connectivity index (χ1v) is 11.5. The van der Waals surface area contributed by atoms with Gasteiger partial charge in [-0.15, -0.1) is 11.3 Å². The second-order valence-corrected chi connectivity index (χ2v) is 9.33. The highest BCUT2D eigenvalue weighted by atomic mass is 32.2. The molecule has 0 aliphatic carbocycles. The fourth-order valence-electron chi connectivity index (χ4n) is 3.16. The second-order valence-electron chi connectivity index (χ2n) is 7.39. The Kier molecular flexibility index (Phi) is 6.15. The van der Waals surface area contributed by atoms with E-state index in [-0.39, 0.29) is 23.1 Å². The molecule has 0 saturated carbocycles. The number of amides is 1. The van der Waals surface area contributed by atoms with Crippen molar-refractivity contribution in [2.24, 2.45) is 5.92 Å². The lowest BCUT2D eigenvalue weighted by Crippen LogP contribution is -2.27. The fraction of sp³-hybridized carbons (Fsp3) is 0.273. The molecule has 0 atom stereocenters. The zero-order valence-electron chi connectivity index (χ0n) is 16.8. The minimum absolute atomic E-state index is 0.0658. The number of fused-ring (bicyclic) bond motifs is 3. The summed E-state index contributed by atoms with van der Waals surface area (Å²) in [6.07, 6.45) is 1.72. The summed E-state index contributed by atoms with van der Waals surface area (Å²) < 4.78 is 2.31. The molecule has 3 heterocycles. The van der Waals surface area contributed by atoms with Crippen molar-refractivity contribution in [3.63, 3.8) is 0 Å². The quantitative estimate of drug-likeness (QED) is 0.348. The van der Waals surface area contributed by atoms with Gasteiger partial charge in [0.2, 0.25) is 5.91 Å². The topological polar surface area (TPSA) is 76.9 Å². The van der Waals surface area contributed by atoms with Crippen molar-refractivity contribution in [1.29, 1.82) is 0 Å². The summed E-state index contributed by atoms with van der Waals surface area (Å²) >= 11 is 2.67. The van der Waals surface area contributed by atoms with E-state index in [0.717, 1.165) is 15.8 Å². The van der Waals surface area contributed by atoms with Crippen LogP contribution in [0, 0.1) is 5.92 Å². The molecule has 0 unspecified atom stereocenters. The van der Waals surface area contributed by atoms with Crippen LogP contribution in [-0.2, 0) is 17.9 Å². The molecule has 6 nitrogen and oxygen atoms in total. The summed E-state index contributed by atoms with van der Waals surface area (Å²) in [5.74, 6) is 0.385. The molecule has 30 heavy (non-hydrogen) atoms. The molecule has 0 saturated heterocycles. The largest absolute Gasteiger partial charge is 0.351 e. The standard InChI is InChI=1S/C22H22N4O2S2/c1-14(2)12-26-21(28)19-18(16-9-6-10-23-20(16)30-19)25-22(26)29-13-17(27)24-11-15-7-4-3-5-8-15/h3-10,14H,11-13H2,1-2H3,(H,24,27). The van der Waals surface area contributed by atoms with Crippen molar-refractivity contribution in [2.75, 3.05) is 5.75 Å². The monoisotopic (exact) mass is 438 g/mol. The highest BCUT2D eigenvalue weighted by molar-refractivity contribution is 7.99. The first kappa shape index (κ1) is 20.6. The van der Waals surface area contributed by atoms with Crippen molar-refractivity contribution in [3.8, 4) is 0 Å². The summed E-state index contributed by atoms with van der Waals surface area (Å²) in [6.45, 7) is 5.15. The van der Waals surface area contributed by atoms with E-state index in [1.165, 1.54) is 23.1 Å². The molecule has 0 bridgehead atoms. The Labute approximate surface area is 182 Å². The third-order valence-electron chi connectivity index (χ3n) is 4.53. The third-order valence-corrected chi connectivity index (χ3v) is 6.60. The number of pyridine rings is 1.